The highest BCUT2D eigenvalue weighted by Crippen LogP contribution is 2.36. The summed E-state index contributed by atoms with van der Waals surface area (Å²) in [6.07, 6.45) is 0.650. The Morgan fingerprint density at radius 2 is 2.31 bits per heavy atom. The van der Waals surface area contributed by atoms with Crippen molar-refractivity contribution in [3.05, 3.63) is 27.5 Å². The lowest BCUT2D eigenvalue weighted by Gasteiger charge is -2.00. The lowest BCUT2D eigenvalue weighted by Crippen LogP contribution is -1.81. The third-order valence-corrected chi connectivity index (χ3v) is 3.66. The van der Waals surface area contributed by atoms with Crippen LogP contribution in [0, 0.1) is 0 Å². The lowest BCUT2D eigenvalue weighted by atomic mass is 10.1. The van der Waals surface area contributed by atoms with Gasteiger partial charge in [-0.3, -0.25) is 4.79 Å². The van der Waals surface area contributed by atoms with Gasteiger partial charge in [0.05, 0.1) is 10.3 Å². The number of hydrogen-bond acceptors (Lipinski definition) is 3. The Kier molecular flexibility index (Phi) is 2.09. The van der Waals surface area contributed by atoms with E-state index in [0.717, 1.165) is 14.6 Å². The zero-order valence-corrected chi connectivity index (χ0v) is 8.85. The highest BCUT2D eigenvalue weighted by atomic mass is 79.9. The van der Waals surface area contributed by atoms with E-state index in [0.29, 0.717) is 11.8 Å². The third-order valence-electron chi connectivity index (χ3n) is 1.82. The lowest BCUT2D eigenvalue weighted by molar-refractivity contribution is 0.112. The molecular weight excluding hydrogens is 252 g/mol. The fraction of sp³-hybridized carbons (Fsp3) is 0. The van der Waals surface area contributed by atoms with Crippen molar-refractivity contribution in [2.24, 2.45) is 0 Å². The quantitative estimate of drug-likeness (QED) is 0.796. The number of phenols is 1. The topological polar surface area (TPSA) is 37.3 Å². The zero-order chi connectivity index (χ0) is 9.42. The summed E-state index contributed by atoms with van der Waals surface area (Å²) < 4.78 is 1.81. The van der Waals surface area contributed by atoms with Gasteiger partial charge >= 0.3 is 0 Å². The predicted molar refractivity (Wildman–Crippen MR) is 56.6 cm³/mol. The molecule has 0 amide bonds. The van der Waals surface area contributed by atoms with E-state index in [1.165, 1.54) is 11.3 Å². The van der Waals surface area contributed by atoms with Gasteiger partial charge in [0.1, 0.15) is 5.75 Å². The summed E-state index contributed by atoms with van der Waals surface area (Å²) in [5.41, 5.74) is 0.317. The Morgan fingerprint density at radius 1 is 1.54 bits per heavy atom. The fourth-order valence-electron chi connectivity index (χ4n) is 1.20. The minimum atomic E-state index is 0.0643. The molecule has 0 bridgehead atoms. The second-order valence-electron chi connectivity index (χ2n) is 2.58. The van der Waals surface area contributed by atoms with E-state index in [1.54, 1.807) is 12.1 Å². The molecule has 0 fully saturated rings. The molecule has 0 saturated carbocycles. The van der Waals surface area contributed by atoms with E-state index >= 15 is 0 Å². The van der Waals surface area contributed by atoms with E-state index in [9.17, 15) is 9.90 Å². The van der Waals surface area contributed by atoms with Gasteiger partial charge in [-0.25, -0.2) is 0 Å². The van der Waals surface area contributed by atoms with Crippen molar-refractivity contribution in [3.63, 3.8) is 0 Å². The van der Waals surface area contributed by atoms with Crippen LogP contribution in [-0.2, 0) is 0 Å². The maximum atomic E-state index is 10.6. The number of carbonyl (C=O) groups excluding carboxylic acids is 1. The number of phenolic OH excluding ortho intramolecular Hbond substituents is 1. The summed E-state index contributed by atoms with van der Waals surface area (Å²) in [4.78, 5) is 10.6. The van der Waals surface area contributed by atoms with Crippen LogP contribution in [0.5, 0.6) is 5.75 Å². The molecule has 1 heterocycles. The number of carbonyl (C=O) groups is 1. The number of fused-ring (bicyclic) bond motifs is 1. The smallest absolute Gasteiger partial charge is 0.153 e. The molecule has 1 N–H and O–H groups in total. The Bertz CT molecular complexity index is 476. The van der Waals surface area contributed by atoms with Gasteiger partial charge in [0.15, 0.2) is 6.29 Å². The summed E-state index contributed by atoms with van der Waals surface area (Å²) >= 11 is 4.87. The maximum Gasteiger partial charge on any atom is 0.153 e. The molecule has 0 aliphatic rings. The van der Waals surface area contributed by atoms with Gasteiger partial charge in [0.25, 0.3) is 0 Å². The molecule has 2 rings (SSSR count). The monoisotopic (exact) mass is 256 g/mol. The van der Waals surface area contributed by atoms with Gasteiger partial charge in [-0.15, -0.1) is 11.3 Å². The van der Waals surface area contributed by atoms with Crippen molar-refractivity contribution in [2.75, 3.05) is 0 Å². The number of rotatable bonds is 1. The van der Waals surface area contributed by atoms with Crippen molar-refractivity contribution in [1.82, 2.24) is 0 Å². The van der Waals surface area contributed by atoms with E-state index in [1.807, 2.05) is 5.38 Å². The second kappa shape index (κ2) is 3.12. The van der Waals surface area contributed by atoms with Gasteiger partial charge < -0.3 is 5.11 Å². The first-order valence-electron chi connectivity index (χ1n) is 3.58. The molecule has 0 spiro atoms. The zero-order valence-electron chi connectivity index (χ0n) is 6.45. The van der Waals surface area contributed by atoms with E-state index in [2.05, 4.69) is 15.9 Å². The molecular formula is C9H5BrO2S. The molecule has 0 aliphatic heterocycles. The predicted octanol–water partition coefficient (Wildman–Crippen LogP) is 3.18. The van der Waals surface area contributed by atoms with E-state index < -0.39 is 0 Å². The molecule has 2 nitrogen and oxygen atoms in total. The molecule has 0 aliphatic carbocycles. The molecule has 0 saturated heterocycles. The summed E-state index contributed by atoms with van der Waals surface area (Å²) in [7, 11) is 0. The summed E-state index contributed by atoms with van der Waals surface area (Å²) in [6, 6.07) is 3.42. The molecule has 66 valence electrons. The van der Waals surface area contributed by atoms with Crippen molar-refractivity contribution in [3.8, 4) is 5.75 Å². The van der Waals surface area contributed by atoms with Gasteiger partial charge in [-0.2, -0.15) is 0 Å². The van der Waals surface area contributed by atoms with Crippen LogP contribution in [0.25, 0.3) is 10.1 Å². The summed E-state index contributed by atoms with van der Waals surface area (Å²) in [5, 5.41) is 12.2. The first-order chi connectivity index (χ1) is 6.24. The van der Waals surface area contributed by atoms with Crippen LogP contribution in [0.3, 0.4) is 0 Å². The Balaban J connectivity index is 2.93. The molecule has 2 aromatic rings. The fourth-order valence-corrected chi connectivity index (χ4v) is 2.74. The molecule has 13 heavy (non-hydrogen) atoms. The average Bonchev–Trinajstić information content (AvgIpc) is 2.60. The maximum absolute atomic E-state index is 10.6. The van der Waals surface area contributed by atoms with Crippen LogP contribution in [0.15, 0.2) is 22.0 Å². The van der Waals surface area contributed by atoms with Crippen molar-refractivity contribution < 1.29 is 9.90 Å². The molecule has 0 atom stereocenters. The van der Waals surface area contributed by atoms with Crippen LogP contribution in [-0.4, -0.2) is 11.4 Å². The summed E-state index contributed by atoms with van der Waals surface area (Å²) in [5.74, 6) is 0.0643. The first kappa shape index (κ1) is 8.72. The second-order valence-corrected chi connectivity index (χ2v) is 4.35. The normalized spacial score (nSPS) is 10.5. The number of benzene rings is 1. The van der Waals surface area contributed by atoms with Gasteiger partial charge in [0.2, 0.25) is 0 Å². The number of aldehydes is 1. The number of hydrogen-bond donors (Lipinski definition) is 1. The molecule has 1 aromatic carbocycles. The number of halogens is 1. The minimum Gasteiger partial charge on any atom is -0.507 e. The largest absolute Gasteiger partial charge is 0.507 e. The molecule has 0 radical (unpaired) electrons. The summed E-state index contributed by atoms with van der Waals surface area (Å²) in [6.45, 7) is 0. The average molecular weight is 257 g/mol. The van der Waals surface area contributed by atoms with Gasteiger partial charge in [-0.1, -0.05) is 0 Å². The van der Waals surface area contributed by atoms with Crippen molar-refractivity contribution in [1.29, 1.82) is 0 Å². The SMILES string of the molecule is O=Cc1cc(Br)c2sccc2c1O. The van der Waals surface area contributed by atoms with Crippen LogP contribution >= 0.6 is 27.3 Å². The van der Waals surface area contributed by atoms with E-state index in [-0.39, 0.29) is 5.75 Å². The Hall–Kier alpha value is -0.870. The molecule has 4 heteroatoms. The third kappa shape index (κ3) is 1.26. The number of thiophene rings is 1. The van der Waals surface area contributed by atoms with Crippen molar-refractivity contribution >= 4 is 43.6 Å². The first-order valence-corrected chi connectivity index (χ1v) is 5.25. The highest BCUT2D eigenvalue weighted by molar-refractivity contribution is 9.10. The minimum absolute atomic E-state index is 0.0643. The van der Waals surface area contributed by atoms with Crippen LogP contribution in [0.4, 0.5) is 0 Å². The van der Waals surface area contributed by atoms with E-state index in [4.69, 9.17) is 0 Å². The highest BCUT2D eigenvalue weighted by Gasteiger charge is 2.09. The number of aromatic hydroxyl groups is 1. The van der Waals surface area contributed by atoms with Gasteiger partial charge in [0, 0.05) is 9.86 Å². The van der Waals surface area contributed by atoms with Crippen LogP contribution in [0.1, 0.15) is 10.4 Å². The van der Waals surface area contributed by atoms with Crippen LogP contribution in [0.2, 0.25) is 0 Å². The Morgan fingerprint density at radius 3 is 3.00 bits per heavy atom. The Labute approximate surface area is 86.9 Å². The molecule has 0 unspecified atom stereocenters. The van der Waals surface area contributed by atoms with Gasteiger partial charge in [-0.05, 0) is 33.4 Å². The van der Waals surface area contributed by atoms with Crippen LogP contribution < -0.4 is 0 Å². The van der Waals surface area contributed by atoms with Crippen molar-refractivity contribution in [2.45, 2.75) is 0 Å². The standard InChI is InChI=1S/C9H5BrO2S/c10-7-3-5(4-11)8(12)6-1-2-13-9(6)7/h1-4,12H. The molecule has 1 aromatic heterocycles.